The summed E-state index contributed by atoms with van der Waals surface area (Å²) in [5, 5.41) is 20.8. The van der Waals surface area contributed by atoms with Crippen molar-refractivity contribution in [3.8, 4) is 0 Å². The Morgan fingerprint density at radius 3 is 2.64 bits per heavy atom. The summed E-state index contributed by atoms with van der Waals surface area (Å²) in [5.41, 5.74) is 2.01. The van der Waals surface area contributed by atoms with Gasteiger partial charge in [-0.2, -0.15) is 0 Å². The first-order valence-corrected chi connectivity index (χ1v) is 12.5. The Bertz CT molecular complexity index is 1220. The van der Waals surface area contributed by atoms with Crippen LogP contribution in [-0.2, 0) is 11.2 Å². The average Bonchev–Trinajstić information content (AvgIpc) is 2.91. The zero-order valence-electron chi connectivity index (χ0n) is 20.3. The summed E-state index contributed by atoms with van der Waals surface area (Å²) >= 11 is 0. The van der Waals surface area contributed by atoms with E-state index in [-0.39, 0.29) is 23.2 Å². The third-order valence-corrected chi connectivity index (χ3v) is 6.79. The molecule has 0 saturated carbocycles. The first kappa shape index (κ1) is 25.7. The molecule has 1 aromatic heterocycles. The fourth-order valence-electron chi connectivity index (χ4n) is 4.71. The number of nitrogens with one attached hydrogen (secondary N) is 3. The maximum atomic E-state index is 12.2. The molecule has 1 aliphatic rings. The summed E-state index contributed by atoms with van der Waals surface area (Å²) in [6.07, 6.45) is 2.40. The minimum Gasteiger partial charge on any atom is -0.387 e. The molecule has 3 aromatic rings. The Morgan fingerprint density at radius 2 is 1.89 bits per heavy atom. The SMILES string of the molecule is O=Nc1ccc(C(O)CNC2CCN(CCC(=O)NCCc3ccccc3)CC2)c2ccc(=O)[nH]c12. The second kappa shape index (κ2) is 12.5. The second-order valence-corrected chi connectivity index (χ2v) is 9.25. The van der Waals surface area contributed by atoms with Crippen LogP contribution in [0.15, 0.2) is 64.6 Å². The third kappa shape index (κ3) is 6.84. The number of aromatic nitrogens is 1. The molecule has 1 unspecified atom stereocenters. The maximum Gasteiger partial charge on any atom is 0.248 e. The molecular formula is C27H33N5O4. The van der Waals surface area contributed by atoms with Gasteiger partial charge in [0.2, 0.25) is 11.5 Å². The van der Waals surface area contributed by atoms with E-state index in [1.807, 2.05) is 18.2 Å². The molecule has 1 atom stereocenters. The highest BCUT2D eigenvalue weighted by Gasteiger charge is 2.21. The van der Waals surface area contributed by atoms with E-state index in [2.05, 4.69) is 37.8 Å². The highest BCUT2D eigenvalue weighted by molar-refractivity contribution is 5.91. The van der Waals surface area contributed by atoms with Crippen molar-refractivity contribution >= 4 is 22.5 Å². The number of carbonyl (C=O) groups excluding carboxylic acids is 1. The second-order valence-electron chi connectivity index (χ2n) is 9.25. The van der Waals surface area contributed by atoms with E-state index in [1.165, 1.54) is 17.7 Å². The van der Waals surface area contributed by atoms with Crippen LogP contribution in [0, 0.1) is 4.91 Å². The van der Waals surface area contributed by atoms with Gasteiger partial charge in [-0.05, 0) is 60.8 Å². The number of fused-ring (bicyclic) bond motifs is 1. The number of amides is 1. The van der Waals surface area contributed by atoms with Crippen LogP contribution in [-0.4, -0.2) is 59.7 Å². The predicted molar refractivity (Wildman–Crippen MR) is 140 cm³/mol. The topological polar surface area (TPSA) is 127 Å². The number of piperidine rings is 1. The fraction of sp³-hybridized carbons (Fsp3) is 0.407. The minimum atomic E-state index is -0.795. The fourth-order valence-corrected chi connectivity index (χ4v) is 4.71. The molecule has 0 spiro atoms. The van der Waals surface area contributed by atoms with Crippen molar-refractivity contribution in [3.63, 3.8) is 0 Å². The number of carbonyl (C=O) groups is 1. The molecule has 0 radical (unpaired) electrons. The van der Waals surface area contributed by atoms with E-state index >= 15 is 0 Å². The molecule has 4 N–H and O–H groups in total. The van der Waals surface area contributed by atoms with Crippen molar-refractivity contribution < 1.29 is 9.90 Å². The maximum absolute atomic E-state index is 12.2. The molecule has 36 heavy (non-hydrogen) atoms. The van der Waals surface area contributed by atoms with Crippen LogP contribution in [0.1, 0.15) is 36.5 Å². The van der Waals surface area contributed by atoms with Gasteiger partial charge >= 0.3 is 0 Å². The van der Waals surface area contributed by atoms with Gasteiger partial charge in [-0.3, -0.25) is 9.59 Å². The summed E-state index contributed by atoms with van der Waals surface area (Å²) < 4.78 is 0. The van der Waals surface area contributed by atoms with E-state index in [0.717, 1.165) is 38.9 Å². The molecule has 9 nitrogen and oxygen atoms in total. The van der Waals surface area contributed by atoms with Crippen LogP contribution in [0.25, 0.3) is 10.9 Å². The summed E-state index contributed by atoms with van der Waals surface area (Å²) in [5.74, 6) is 0.0821. The molecule has 1 aliphatic heterocycles. The number of hydrogen-bond acceptors (Lipinski definition) is 7. The number of aliphatic hydroxyl groups excluding tert-OH is 1. The smallest absolute Gasteiger partial charge is 0.248 e. The molecule has 2 heterocycles. The third-order valence-electron chi connectivity index (χ3n) is 6.79. The minimum absolute atomic E-state index is 0.0821. The molecule has 1 fully saturated rings. The first-order chi connectivity index (χ1) is 17.5. The molecule has 2 aromatic carbocycles. The van der Waals surface area contributed by atoms with Gasteiger partial charge < -0.3 is 25.6 Å². The zero-order chi connectivity index (χ0) is 25.3. The van der Waals surface area contributed by atoms with Gasteiger partial charge in [0.1, 0.15) is 5.69 Å². The molecule has 9 heteroatoms. The summed E-state index contributed by atoms with van der Waals surface area (Å²) in [4.78, 5) is 39.9. The van der Waals surface area contributed by atoms with Gasteiger partial charge in [0.05, 0.1) is 11.6 Å². The van der Waals surface area contributed by atoms with Crippen molar-refractivity contribution in [2.24, 2.45) is 5.18 Å². The number of H-pyrrole nitrogens is 1. The highest BCUT2D eigenvalue weighted by atomic mass is 16.3. The lowest BCUT2D eigenvalue weighted by molar-refractivity contribution is -0.121. The van der Waals surface area contributed by atoms with Crippen molar-refractivity contribution in [1.29, 1.82) is 0 Å². The molecule has 0 bridgehead atoms. The largest absolute Gasteiger partial charge is 0.387 e. The van der Waals surface area contributed by atoms with Crippen LogP contribution < -0.4 is 16.2 Å². The number of likely N-dealkylation sites (tertiary alicyclic amines) is 1. The highest BCUT2D eigenvalue weighted by Crippen LogP contribution is 2.29. The van der Waals surface area contributed by atoms with E-state index in [1.54, 1.807) is 12.1 Å². The van der Waals surface area contributed by atoms with Gasteiger partial charge in [0.15, 0.2) is 0 Å². The standard InChI is InChI=1S/C27H33N5O4/c33-24(21-6-8-23(31-36)27-22(21)7-9-26(35)30-27)18-29-20-11-15-32(16-12-20)17-13-25(34)28-14-10-19-4-2-1-3-5-19/h1-9,20,24,29,33H,10-18H2,(H,28,34)(H,30,35). The normalized spacial score (nSPS) is 15.6. The van der Waals surface area contributed by atoms with E-state index < -0.39 is 6.10 Å². The number of nitroso groups, excluding NO2 is 1. The molecule has 0 aliphatic carbocycles. The number of nitrogens with zero attached hydrogens (tertiary/aromatic N) is 2. The van der Waals surface area contributed by atoms with Crippen LogP contribution >= 0.6 is 0 Å². The molecule has 1 saturated heterocycles. The Morgan fingerprint density at radius 1 is 1.11 bits per heavy atom. The Kier molecular flexibility index (Phi) is 8.94. The number of hydrogen-bond donors (Lipinski definition) is 4. The summed E-state index contributed by atoms with van der Waals surface area (Å²) in [6.45, 7) is 3.55. The van der Waals surface area contributed by atoms with Gasteiger partial charge in [-0.25, -0.2) is 0 Å². The molecule has 190 valence electrons. The number of benzene rings is 2. The van der Waals surface area contributed by atoms with Gasteiger partial charge in [0.25, 0.3) is 0 Å². The first-order valence-electron chi connectivity index (χ1n) is 12.5. The zero-order valence-corrected chi connectivity index (χ0v) is 20.3. The van der Waals surface area contributed by atoms with E-state index in [9.17, 15) is 19.6 Å². The summed E-state index contributed by atoms with van der Waals surface area (Å²) in [6, 6.07) is 16.6. The Labute approximate surface area is 209 Å². The number of aliphatic hydroxyl groups is 1. The average molecular weight is 492 g/mol. The van der Waals surface area contributed by atoms with Crippen molar-refractivity contribution in [1.82, 2.24) is 20.5 Å². The molecular weight excluding hydrogens is 458 g/mol. The Hall–Kier alpha value is -3.40. The number of rotatable bonds is 11. The van der Waals surface area contributed by atoms with Gasteiger partial charge in [-0.15, -0.1) is 4.91 Å². The lowest BCUT2D eigenvalue weighted by Crippen LogP contribution is -2.44. The van der Waals surface area contributed by atoms with Crippen molar-refractivity contribution in [3.05, 3.63) is 81.0 Å². The quantitative estimate of drug-likeness (QED) is 0.306. The summed E-state index contributed by atoms with van der Waals surface area (Å²) in [7, 11) is 0. The van der Waals surface area contributed by atoms with Crippen molar-refractivity contribution in [2.45, 2.75) is 37.8 Å². The monoisotopic (exact) mass is 491 g/mol. The van der Waals surface area contributed by atoms with Crippen LogP contribution in [0.3, 0.4) is 0 Å². The molecule has 1 amide bonds. The van der Waals surface area contributed by atoms with Crippen molar-refractivity contribution in [2.75, 3.05) is 32.7 Å². The lowest BCUT2D eigenvalue weighted by Gasteiger charge is -2.32. The predicted octanol–water partition coefficient (Wildman–Crippen LogP) is 2.76. The van der Waals surface area contributed by atoms with Crippen LogP contribution in [0.4, 0.5) is 5.69 Å². The number of pyridine rings is 1. The Balaban J connectivity index is 1.18. The van der Waals surface area contributed by atoms with Crippen LogP contribution in [0.5, 0.6) is 0 Å². The number of aromatic amines is 1. The van der Waals surface area contributed by atoms with Gasteiger partial charge in [0, 0.05) is 43.5 Å². The van der Waals surface area contributed by atoms with E-state index in [0.29, 0.717) is 36.0 Å². The van der Waals surface area contributed by atoms with E-state index in [4.69, 9.17) is 0 Å². The van der Waals surface area contributed by atoms with Gasteiger partial charge in [-0.1, -0.05) is 36.4 Å². The molecule has 4 rings (SSSR count). The lowest BCUT2D eigenvalue weighted by atomic mass is 10.0. The van der Waals surface area contributed by atoms with Crippen LogP contribution in [0.2, 0.25) is 0 Å².